The molecule has 0 bridgehead atoms. The first-order valence-electron chi connectivity index (χ1n) is 10.0. The number of hydrogen-bond acceptors (Lipinski definition) is 5. The lowest BCUT2D eigenvalue weighted by atomic mass is 9.96. The molecule has 4 rings (SSSR count). The third-order valence-corrected chi connectivity index (χ3v) is 5.88. The van der Waals surface area contributed by atoms with Crippen LogP contribution < -0.4 is 0 Å². The van der Waals surface area contributed by atoms with Crippen molar-refractivity contribution < 1.29 is 0 Å². The summed E-state index contributed by atoms with van der Waals surface area (Å²) in [6.45, 7) is 6.52. The van der Waals surface area contributed by atoms with Crippen LogP contribution in [0.25, 0.3) is 0 Å². The average Bonchev–Trinajstić information content (AvgIpc) is 3.05. The molecule has 2 aliphatic rings. The van der Waals surface area contributed by atoms with Crippen molar-refractivity contribution in [1.82, 2.24) is 29.5 Å². The molecule has 2 saturated heterocycles. The molecule has 0 N–H and O–H groups in total. The minimum absolute atomic E-state index is 0.530. The van der Waals surface area contributed by atoms with E-state index in [9.17, 15) is 0 Å². The van der Waals surface area contributed by atoms with Gasteiger partial charge in [-0.05, 0) is 64.0 Å². The Bertz CT molecular complexity index is 684. The molecule has 0 radical (unpaired) electrons. The van der Waals surface area contributed by atoms with Crippen LogP contribution in [-0.2, 0) is 20.1 Å². The van der Waals surface area contributed by atoms with Gasteiger partial charge < -0.3 is 4.57 Å². The molecule has 0 amide bonds. The van der Waals surface area contributed by atoms with Gasteiger partial charge in [0.25, 0.3) is 0 Å². The summed E-state index contributed by atoms with van der Waals surface area (Å²) in [6, 6.07) is 6.16. The van der Waals surface area contributed by atoms with E-state index in [0.717, 1.165) is 50.5 Å². The van der Waals surface area contributed by atoms with Crippen molar-refractivity contribution in [3.63, 3.8) is 0 Å². The van der Waals surface area contributed by atoms with Gasteiger partial charge in [0.15, 0.2) is 0 Å². The average molecular weight is 355 g/mol. The number of likely N-dealkylation sites (tertiary alicyclic amines) is 2. The van der Waals surface area contributed by atoms with E-state index in [1.54, 1.807) is 0 Å². The lowest BCUT2D eigenvalue weighted by molar-refractivity contribution is 0.197. The van der Waals surface area contributed by atoms with Crippen LogP contribution in [0.2, 0.25) is 0 Å². The van der Waals surface area contributed by atoms with Crippen LogP contribution in [0.4, 0.5) is 0 Å². The predicted octanol–water partition coefficient (Wildman–Crippen LogP) is 2.58. The van der Waals surface area contributed by atoms with Crippen LogP contribution >= 0.6 is 0 Å². The lowest BCUT2D eigenvalue weighted by Crippen LogP contribution is -2.33. The summed E-state index contributed by atoms with van der Waals surface area (Å²) in [7, 11) is 2.15. The fourth-order valence-corrected chi connectivity index (χ4v) is 4.26. The van der Waals surface area contributed by atoms with E-state index in [4.69, 9.17) is 0 Å². The highest BCUT2D eigenvalue weighted by molar-refractivity contribution is 5.06. The molecule has 0 aliphatic carbocycles. The molecule has 0 saturated carbocycles. The first-order valence-corrected chi connectivity index (χ1v) is 10.0. The Hall–Kier alpha value is -1.79. The Morgan fingerprint density at radius 1 is 0.923 bits per heavy atom. The molecule has 0 spiro atoms. The van der Waals surface area contributed by atoms with Gasteiger partial charge in [-0.1, -0.05) is 12.5 Å². The van der Waals surface area contributed by atoms with Gasteiger partial charge in [-0.25, -0.2) is 0 Å². The molecule has 4 heterocycles. The fourth-order valence-electron chi connectivity index (χ4n) is 4.26. The fraction of sp³-hybridized carbons (Fsp3) is 0.650. The predicted molar refractivity (Wildman–Crippen MR) is 102 cm³/mol. The van der Waals surface area contributed by atoms with Gasteiger partial charge in [-0.15, -0.1) is 10.2 Å². The summed E-state index contributed by atoms with van der Waals surface area (Å²) in [6.07, 6.45) is 8.20. The minimum atomic E-state index is 0.530. The van der Waals surface area contributed by atoms with E-state index in [1.807, 2.05) is 12.3 Å². The number of nitrogens with zero attached hydrogens (tertiary/aromatic N) is 6. The molecule has 2 aliphatic heterocycles. The van der Waals surface area contributed by atoms with Crippen LogP contribution in [0.1, 0.15) is 55.4 Å². The first kappa shape index (κ1) is 17.6. The molecule has 2 fully saturated rings. The van der Waals surface area contributed by atoms with E-state index in [-0.39, 0.29) is 0 Å². The standard InChI is InChI=1S/C20H30N6/c1-24-19(16-25-11-5-2-6-12-25)22-23-20(24)17-8-13-26(14-9-17)15-18-7-3-4-10-21-18/h3-4,7,10,17H,2,5-6,8-9,11-16H2,1H3. The zero-order valence-electron chi connectivity index (χ0n) is 15.8. The van der Waals surface area contributed by atoms with Crippen LogP contribution in [0, 0.1) is 0 Å². The van der Waals surface area contributed by atoms with Crippen molar-refractivity contribution >= 4 is 0 Å². The molecule has 0 unspecified atom stereocenters. The number of aromatic nitrogens is 4. The van der Waals surface area contributed by atoms with Crippen LogP contribution in [-0.4, -0.2) is 55.7 Å². The van der Waals surface area contributed by atoms with E-state index in [1.165, 1.54) is 38.2 Å². The Labute approximate surface area is 156 Å². The number of piperidine rings is 2. The highest BCUT2D eigenvalue weighted by atomic mass is 15.3. The van der Waals surface area contributed by atoms with Gasteiger partial charge in [0, 0.05) is 25.7 Å². The molecule has 26 heavy (non-hydrogen) atoms. The second-order valence-corrected chi connectivity index (χ2v) is 7.74. The Morgan fingerprint density at radius 2 is 1.69 bits per heavy atom. The van der Waals surface area contributed by atoms with Gasteiger partial charge in [-0.2, -0.15) is 0 Å². The molecule has 140 valence electrons. The topological polar surface area (TPSA) is 50.1 Å². The van der Waals surface area contributed by atoms with E-state index < -0.39 is 0 Å². The molecule has 0 aromatic carbocycles. The quantitative estimate of drug-likeness (QED) is 0.826. The van der Waals surface area contributed by atoms with Gasteiger partial charge in [0.1, 0.15) is 11.6 Å². The highest BCUT2D eigenvalue weighted by Crippen LogP contribution is 2.27. The zero-order valence-corrected chi connectivity index (χ0v) is 15.8. The van der Waals surface area contributed by atoms with Crippen LogP contribution in [0.5, 0.6) is 0 Å². The Balaban J connectivity index is 1.33. The largest absolute Gasteiger partial charge is 0.317 e. The second kappa shape index (κ2) is 8.27. The number of pyridine rings is 1. The van der Waals surface area contributed by atoms with Crippen molar-refractivity contribution in [2.45, 2.75) is 51.1 Å². The first-order chi connectivity index (χ1) is 12.8. The molecular weight excluding hydrogens is 324 g/mol. The third kappa shape index (κ3) is 4.13. The summed E-state index contributed by atoms with van der Waals surface area (Å²) in [5, 5.41) is 9.09. The zero-order chi connectivity index (χ0) is 17.8. The smallest absolute Gasteiger partial charge is 0.146 e. The summed E-state index contributed by atoms with van der Waals surface area (Å²) < 4.78 is 2.26. The maximum Gasteiger partial charge on any atom is 0.146 e. The Morgan fingerprint density at radius 3 is 2.42 bits per heavy atom. The van der Waals surface area contributed by atoms with Gasteiger partial charge >= 0.3 is 0 Å². The van der Waals surface area contributed by atoms with Crippen LogP contribution in [0.3, 0.4) is 0 Å². The van der Waals surface area contributed by atoms with Gasteiger partial charge in [0.2, 0.25) is 0 Å². The van der Waals surface area contributed by atoms with Crippen molar-refractivity contribution in [3.05, 3.63) is 41.7 Å². The monoisotopic (exact) mass is 354 g/mol. The van der Waals surface area contributed by atoms with Crippen molar-refractivity contribution in [2.75, 3.05) is 26.2 Å². The van der Waals surface area contributed by atoms with E-state index in [0.29, 0.717) is 5.92 Å². The summed E-state index contributed by atoms with van der Waals surface area (Å²) >= 11 is 0. The number of hydrogen-bond donors (Lipinski definition) is 0. The van der Waals surface area contributed by atoms with Crippen molar-refractivity contribution in [1.29, 1.82) is 0 Å². The van der Waals surface area contributed by atoms with Crippen molar-refractivity contribution in [3.8, 4) is 0 Å². The molecule has 6 nitrogen and oxygen atoms in total. The van der Waals surface area contributed by atoms with Gasteiger partial charge in [-0.3, -0.25) is 14.8 Å². The summed E-state index contributed by atoms with van der Waals surface area (Å²) in [5.74, 6) is 2.83. The highest BCUT2D eigenvalue weighted by Gasteiger charge is 2.26. The molecule has 0 atom stereocenters. The molecule has 2 aromatic heterocycles. The Kier molecular flexibility index (Phi) is 5.60. The van der Waals surface area contributed by atoms with E-state index >= 15 is 0 Å². The SMILES string of the molecule is Cn1c(CN2CCCCC2)nnc1C1CCN(Cc2ccccn2)CC1. The van der Waals surface area contributed by atoms with Gasteiger partial charge in [0.05, 0.1) is 12.2 Å². The molecule has 2 aromatic rings. The second-order valence-electron chi connectivity index (χ2n) is 7.74. The maximum absolute atomic E-state index is 4.57. The molecule has 6 heteroatoms. The maximum atomic E-state index is 4.57. The molecular formula is C20H30N6. The van der Waals surface area contributed by atoms with E-state index in [2.05, 4.69) is 48.7 Å². The number of rotatable bonds is 5. The third-order valence-electron chi connectivity index (χ3n) is 5.88. The minimum Gasteiger partial charge on any atom is -0.317 e. The normalized spacial score (nSPS) is 20.5. The lowest BCUT2D eigenvalue weighted by Gasteiger charge is -2.31. The van der Waals surface area contributed by atoms with Crippen molar-refractivity contribution in [2.24, 2.45) is 7.05 Å². The summed E-state index contributed by atoms with van der Waals surface area (Å²) in [4.78, 5) is 9.47. The van der Waals surface area contributed by atoms with Crippen LogP contribution in [0.15, 0.2) is 24.4 Å². The summed E-state index contributed by atoms with van der Waals surface area (Å²) in [5.41, 5.74) is 1.16.